The van der Waals surface area contributed by atoms with E-state index in [2.05, 4.69) is 20.9 Å². The highest BCUT2D eigenvalue weighted by Crippen LogP contribution is 2.01. The first-order chi connectivity index (χ1) is 4.13. The molecule has 1 aromatic rings. The number of H-pyrrole nitrogens is 1. The van der Waals surface area contributed by atoms with Crippen molar-refractivity contribution in [3.8, 4) is 0 Å². The molecule has 0 saturated carbocycles. The Kier molecular flexibility index (Phi) is 0.417. The number of nitrogens with one attached hydrogen (secondary N) is 1. The van der Waals surface area contributed by atoms with Gasteiger partial charge < -0.3 is 4.98 Å². The second-order valence-corrected chi connectivity index (χ2v) is 1.61. The van der Waals surface area contributed by atoms with E-state index in [0.717, 1.165) is 0 Å². The maximum atomic E-state index is 7.08. The molecule has 0 radical (unpaired) electrons. The highest BCUT2D eigenvalue weighted by atomic mass is 79.9. The van der Waals surface area contributed by atoms with Crippen LogP contribution in [0.2, 0.25) is 0 Å². The van der Waals surface area contributed by atoms with E-state index in [1.165, 1.54) is 0 Å². The Hall–Kier alpha value is -0.240. The normalized spacial score (nSPS) is 15.8. The molecule has 1 rings (SSSR count). The number of aromatic nitrogens is 1. The van der Waals surface area contributed by atoms with Crippen LogP contribution in [0.15, 0.2) is 22.9 Å². The molecule has 0 spiro atoms. The summed E-state index contributed by atoms with van der Waals surface area (Å²) in [5.74, 6) is 0. The van der Waals surface area contributed by atoms with Gasteiger partial charge in [-0.2, -0.15) is 0 Å². The lowest BCUT2D eigenvalue weighted by atomic mass is 10.7. The van der Waals surface area contributed by atoms with Gasteiger partial charge in [-0.05, 0) is 28.0 Å². The van der Waals surface area contributed by atoms with Gasteiger partial charge in [-0.3, -0.25) is 0 Å². The minimum absolute atomic E-state index is 0.0214. The quantitative estimate of drug-likeness (QED) is 0.578. The number of aromatic amines is 1. The molecule has 0 bridgehead atoms. The summed E-state index contributed by atoms with van der Waals surface area (Å²) in [4.78, 5) is 2.48. The summed E-state index contributed by atoms with van der Waals surface area (Å²) in [5, 5.41) is 0. The van der Waals surface area contributed by atoms with E-state index < -0.39 is 0 Å². The van der Waals surface area contributed by atoms with Crippen molar-refractivity contribution in [2.45, 2.75) is 0 Å². The van der Waals surface area contributed by atoms with Gasteiger partial charge in [-0.25, -0.2) is 0 Å². The molecular formula is C4H4BrN. The van der Waals surface area contributed by atoms with Gasteiger partial charge in [0.25, 0.3) is 0 Å². The van der Waals surface area contributed by atoms with Gasteiger partial charge in [0.05, 0.1) is 8.72 Å². The first-order valence-corrected chi connectivity index (χ1v) is 2.23. The van der Waals surface area contributed by atoms with Crippen LogP contribution >= 0.6 is 15.9 Å². The number of hydrogen-bond acceptors (Lipinski definition) is 0. The van der Waals surface area contributed by atoms with Crippen LogP contribution in [-0.2, 0) is 0 Å². The Bertz CT molecular complexity index is 209. The van der Waals surface area contributed by atoms with Gasteiger partial charge in [-0.15, -0.1) is 0 Å². The van der Waals surface area contributed by atoms with Crippen molar-refractivity contribution in [1.29, 1.82) is 0 Å². The van der Waals surface area contributed by atoms with E-state index in [1.54, 1.807) is 0 Å². The number of hydrogen-bond donors (Lipinski definition) is 1. The van der Waals surface area contributed by atoms with E-state index in [9.17, 15) is 0 Å². The fourth-order valence-electron chi connectivity index (χ4n) is 0.203. The van der Waals surface area contributed by atoms with Crippen molar-refractivity contribution < 1.29 is 4.11 Å². The van der Waals surface area contributed by atoms with Crippen LogP contribution in [0.1, 0.15) is 4.11 Å². The lowest BCUT2D eigenvalue weighted by Gasteiger charge is -1.67. The molecule has 1 N–H and O–H groups in total. The van der Waals surface area contributed by atoms with Crippen LogP contribution in [0.4, 0.5) is 0 Å². The minimum atomic E-state index is -0.0677. The zero-order chi connectivity index (χ0) is 7.02. The largest absolute Gasteiger partial charge is 0.356 e. The van der Waals surface area contributed by atoms with E-state index in [1.807, 2.05) is 0 Å². The maximum absolute atomic E-state index is 7.08. The fraction of sp³-hybridized carbons (Fsp3) is 0. The monoisotopic (exact) mass is 148 g/mol. The Labute approximate surface area is 48.7 Å². The molecule has 1 nitrogen and oxygen atoms in total. The standard InChI is InChI=1S/C4H4BrN/c5-4-2-1-3-6-4/h1-3,6H/i1D,2D,3D. The van der Waals surface area contributed by atoms with E-state index >= 15 is 0 Å². The minimum Gasteiger partial charge on any atom is -0.356 e. The molecule has 6 heavy (non-hydrogen) atoms. The Morgan fingerprint density at radius 2 is 2.83 bits per heavy atom. The molecule has 2 heteroatoms. The SMILES string of the molecule is [2H]c1[nH]c(Br)c([2H])c1[2H]. The summed E-state index contributed by atoms with van der Waals surface area (Å²) >= 11 is 2.98. The van der Waals surface area contributed by atoms with E-state index in [-0.39, 0.29) is 18.3 Å². The molecule has 0 amide bonds. The third-order valence-corrected chi connectivity index (χ3v) is 0.803. The summed E-state index contributed by atoms with van der Waals surface area (Å²) in [6, 6.07) is -0.0260. The van der Waals surface area contributed by atoms with Crippen molar-refractivity contribution in [3.05, 3.63) is 22.9 Å². The zero-order valence-corrected chi connectivity index (χ0v) is 4.46. The van der Waals surface area contributed by atoms with Crippen molar-refractivity contribution in [3.63, 3.8) is 0 Å². The average molecular weight is 149 g/mol. The summed E-state index contributed by atoms with van der Waals surface area (Å²) in [5.41, 5.74) is 0. The Morgan fingerprint density at radius 3 is 3.00 bits per heavy atom. The second-order valence-electron chi connectivity index (χ2n) is 0.814. The van der Waals surface area contributed by atoms with Crippen molar-refractivity contribution >= 4 is 15.9 Å². The van der Waals surface area contributed by atoms with Crippen molar-refractivity contribution in [1.82, 2.24) is 4.98 Å². The molecule has 0 unspecified atom stereocenters. The molecule has 32 valence electrons. The smallest absolute Gasteiger partial charge is 0.0820 e. The summed E-state index contributed by atoms with van der Waals surface area (Å²) < 4.78 is 21.5. The maximum Gasteiger partial charge on any atom is 0.0820 e. The van der Waals surface area contributed by atoms with Gasteiger partial charge in [0.2, 0.25) is 0 Å². The van der Waals surface area contributed by atoms with Gasteiger partial charge >= 0.3 is 0 Å². The molecule has 1 heterocycles. The van der Waals surface area contributed by atoms with Crippen LogP contribution in [0.5, 0.6) is 0 Å². The first-order valence-electron chi connectivity index (χ1n) is 2.94. The van der Waals surface area contributed by atoms with Crippen LogP contribution in [0, 0.1) is 0 Å². The van der Waals surface area contributed by atoms with Crippen LogP contribution in [0.25, 0.3) is 0 Å². The Balaban J connectivity index is 3.29. The van der Waals surface area contributed by atoms with Crippen LogP contribution in [0.3, 0.4) is 0 Å². The van der Waals surface area contributed by atoms with E-state index in [0.29, 0.717) is 4.60 Å². The molecule has 0 aliphatic rings. The predicted molar refractivity (Wildman–Crippen MR) is 28.5 cm³/mol. The van der Waals surface area contributed by atoms with E-state index in [4.69, 9.17) is 4.11 Å². The topological polar surface area (TPSA) is 15.8 Å². The third kappa shape index (κ3) is 0.627. The lowest BCUT2D eigenvalue weighted by molar-refractivity contribution is 1.36. The molecule has 0 aliphatic carbocycles. The van der Waals surface area contributed by atoms with Gasteiger partial charge in [0.15, 0.2) is 0 Å². The molecule has 0 fully saturated rings. The van der Waals surface area contributed by atoms with Gasteiger partial charge in [-0.1, -0.05) is 0 Å². The van der Waals surface area contributed by atoms with Crippen LogP contribution < -0.4 is 0 Å². The summed E-state index contributed by atoms with van der Waals surface area (Å²) in [6.07, 6.45) is -0.0214. The second kappa shape index (κ2) is 1.47. The van der Waals surface area contributed by atoms with Gasteiger partial charge in [0.1, 0.15) is 0 Å². The van der Waals surface area contributed by atoms with Gasteiger partial charge in [0, 0.05) is 6.17 Å². The van der Waals surface area contributed by atoms with Crippen molar-refractivity contribution in [2.24, 2.45) is 0 Å². The summed E-state index contributed by atoms with van der Waals surface area (Å²) in [7, 11) is 0. The molecular weight excluding hydrogens is 142 g/mol. The molecule has 0 aliphatic heterocycles. The predicted octanol–water partition coefficient (Wildman–Crippen LogP) is 1.78. The first kappa shape index (κ1) is 1.70. The van der Waals surface area contributed by atoms with Crippen LogP contribution in [-0.4, -0.2) is 4.98 Å². The molecule has 0 aromatic carbocycles. The average Bonchev–Trinajstić information content (AvgIpc) is 1.98. The highest BCUT2D eigenvalue weighted by Gasteiger charge is 1.74. The lowest BCUT2D eigenvalue weighted by Crippen LogP contribution is -1.50. The number of rotatable bonds is 0. The fourth-order valence-corrected chi connectivity index (χ4v) is 0.402. The summed E-state index contributed by atoms with van der Waals surface area (Å²) in [6.45, 7) is 0. The zero-order valence-electron chi connectivity index (χ0n) is 5.88. The third-order valence-electron chi connectivity index (χ3n) is 0.407. The Morgan fingerprint density at radius 1 is 2.00 bits per heavy atom. The highest BCUT2D eigenvalue weighted by molar-refractivity contribution is 9.10. The number of halogens is 1. The molecule has 1 aromatic heterocycles. The molecule has 0 atom stereocenters. The molecule has 0 saturated heterocycles. The van der Waals surface area contributed by atoms with Crippen molar-refractivity contribution in [2.75, 3.05) is 0 Å².